The summed E-state index contributed by atoms with van der Waals surface area (Å²) in [4.78, 5) is 10.9. The second-order valence-corrected chi connectivity index (χ2v) is 5.33. The van der Waals surface area contributed by atoms with Crippen molar-refractivity contribution in [2.75, 3.05) is 13.6 Å². The maximum atomic E-state index is 10.9. The minimum Gasteiger partial charge on any atom is -0.481 e. The van der Waals surface area contributed by atoms with E-state index in [1.807, 2.05) is 7.05 Å². The maximum Gasteiger partial charge on any atom is 0.303 e. The highest BCUT2D eigenvalue weighted by atomic mass is 35.5. The van der Waals surface area contributed by atoms with Crippen molar-refractivity contribution in [2.24, 2.45) is 11.3 Å². The zero-order valence-electron chi connectivity index (χ0n) is 11.0. The SMILES string of the molecule is CCCC1CCC(CNC)(CC(=O)O)CC1.Cl. The molecule has 1 saturated carbocycles. The number of halogens is 1. The minimum atomic E-state index is -0.649. The van der Waals surface area contributed by atoms with Gasteiger partial charge in [0.05, 0.1) is 6.42 Å². The molecule has 0 radical (unpaired) electrons. The van der Waals surface area contributed by atoms with E-state index in [0.29, 0.717) is 6.42 Å². The first-order valence-electron chi connectivity index (χ1n) is 6.48. The van der Waals surface area contributed by atoms with E-state index in [9.17, 15) is 4.79 Å². The van der Waals surface area contributed by atoms with Gasteiger partial charge in [0.25, 0.3) is 0 Å². The standard InChI is InChI=1S/C13H25NO2.ClH/c1-3-4-11-5-7-13(8-6-11,10-14-2)9-12(15)16;/h11,14H,3-10H2,1-2H3,(H,15,16);1H. The molecule has 102 valence electrons. The van der Waals surface area contributed by atoms with Crippen molar-refractivity contribution < 1.29 is 9.90 Å². The van der Waals surface area contributed by atoms with Gasteiger partial charge in [-0.3, -0.25) is 4.79 Å². The summed E-state index contributed by atoms with van der Waals surface area (Å²) in [6, 6.07) is 0. The van der Waals surface area contributed by atoms with E-state index >= 15 is 0 Å². The van der Waals surface area contributed by atoms with Crippen LogP contribution in [0.1, 0.15) is 51.9 Å². The average Bonchev–Trinajstić information content (AvgIpc) is 2.21. The highest BCUT2D eigenvalue weighted by Crippen LogP contribution is 2.42. The molecule has 0 aliphatic heterocycles. The summed E-state index contributed by atoms with van der Waals surface area (Å²) in [7, 11) is 1.92. The Labute approximate surface area is 111 Å². The second kappa shape index (κ2) is 7.93. The summed E-state index contributed by atoms with van der Waals surface area (Å²) in [5, 5.41) is 12.2. The molecule has 0 heterocycles. The molecule has 1 rings (SSSR count). The summed E-state index contributed by atoms with van der Waals surface area (Å²) in [6.07, 6.45) is 7.46. The van der Waals surface area contributed by atoms with Crippen LogP contribution in [0.25, 0.3) is 0 Å². The molecule has 0 spiro atoms. The molecule has 1 aliphatic carbocycles. The van der Waals surface area contributed by atoms with Crippen LogP contribution >= 0.6 is 12.4 Å². The van der Waals surface area contributed by atoms with Crippen molar-refractivity contribution in [3.05, 3.63) is 0 Å². The van der Waals surface area contributed by atoms with Crippen molar-refractivity contribution in [3.63, 3.8) is 0 Å². The first-order chi connectivity index (χ1) is 7.62. The quantitative estimate of drug-likeness (QED) is 0.774. The lowest BCUT2D eigenvalue weighted by molar-refractivity contribution is -0.140. The lowest BCUT2D eigenvalue weighted by Crippen LogP contribution is -2.38. The molecule has 0 aromatic heterocycles. The Kier molecular flexibility index (Phi) is 7.80. The molecule has 0 aromatic carbocycles. The Morgan fingerprint density at radius 2 is 2.00 bits per heavy atom. The topological polar surface area (TPSA) is 49.3 Å². The predicted octanol–water partition coefficient (Wildman–Crippen LogP) is 3.08. The smallest absolute Gasteiger partial charge is 0.303 e. The van der Waals surface area contributed by atoms with Crippen LogP contribution in [0, 0.1) is 11.3 Å². The van der Waals surface area contributed by atoms with Crippen LogP contribution in [0.4, 0.5) is 0 Å². The third-order valence-electron chi connectivity index (χ3n) is 3.94. The number of aliphatic carboxylic acids is 1. The van der Waals surface area contributed by atoms with E-state index in [1.165, 1.54) is 25.7 Å². The number of carboxylic acid groups (broad SMARTS) is 1. The molecule has 1 fully saturated rings. The van der Waals surface area contributed by atoms with E-state index in [2.05, 4.69) is 12.2 Å². The van der Waals surface area contributed by atoms with Crippen LogP contribution < -0.4 is 5.32 Å². The first kappa shape index (κ1) is 16.7. The number of carboxylic acids is 1. The van der Waals surface area contributed by atoms with Gasteiger partial charge in [-0.2, -0.15) is 0 Å². The molecule has 17 heavy (non-hydrogen) atoms. The maximum absolute atomic E-state index is 10.9. The number of nitrogens with one attached hydrogen (secondary N) is 1. The molecule has 0 amide bonds. The molecule has 0 saturated heterocycles. The fourth-order valence-electron chi connectivity index (χ4n) is 3.10. The summed E-state index contributed by atoms with van der Waals surface area (Å²) in [6.45, 7) is 3.07. The van der Waals surface area contributed by atoms with Gasteiger partial charge >= 0.3 is 5.97 Å². The van der Waals surface area contributed by atoms with Gasteiger partial charge in [0.2, 0.25) is 0 Å². The molecule has 0 aromatic rings. The van der Waals surface area contributed by atoms with Crippen molar-refractivity contribution >= 4 is 18.4 Å². The van der Waals surface area contributed by atoms with E-state index in [4.69, 9.17) is 5.11 Å². The van der Waals surface area contributed by atoms with Crippen LogP contribution in [-0.2, 0) is 4.79 Å². The van der Waals surface area contributed by atoms with Gasteiger partial charge in [-0.05, 0) is 44.1 Å². The number of hydrogen-bond donors (Lipinski definition) is 2. The van der Waals surface area contributed by atoms with Crippen molar-refractivity contribution in [1.29, 1.82) is 0 Å². The Hall–Kier alpha value is -0.280. The van der Waals surface area contributed by atoms with E-state index in [0.717, 1.165) is 25.3 Å². The Bertz CT molecular complexity index is 225. The number of hydrogen-bond acceptors (Lipinski definition) is 2. The lowest BCUT2D eigenvalue weighted by Gasteiger charge is -2.39. The average molecular weight is 264 g/mol. The second-order valence-electron chi connectivity index (χ2n) is 5.33. The van der Waals surface area contributed by atoms with Crippen LogP contribution in [-0.4, -0.2) is 24.7 Å². The lowest BCUT2D eigenvalue weighted by atomic mass is 9.68. The van der Waals surface area contributed by atoms with Gasteiger partial charge in [0, 0.05) is 6.54 Å². The fourth-order valence-corrected chi connectivity index (χ4v) is 3.10. The zero-order valence-corrected chi connectivity index (χ0v) is 11.8. The van der Waals surface area contributed by atoms with Gasteiger partial charge < -0.3 is 10.4 Å². The highest BCUT2D eigenvalue weighted by molar-refractivity contribution is 5.85. The minimum absolute atomic E-state index is 0. The van der Waals surface area contributed by atoms with Crippen molar-refractivity contribution in [3.8, 4) is 0 Å². The van der Waals surface area contributed by atoms with Crippen LogP contribution in [0.3, 0.4) is 0 Å². The molecule has 3 nitrogen and oxygen atoms in total. The zero-order chi connectivity index (χ0) is 12.0. The van der Waals surface area contributed by atoms with E-state index in [-0.39, 0.29) is 17.8 Å². The fraction of sp³-hybridized carbons (Fsp3) is 0.923. The van der Waals surface area contributed by atoms with Gasteiger partial charge in [-0.25, -0.2) is 0 Å². The van der Waals surface area contributed by atoms with Crippen LogP contribution in [0.15, 0.2) is 0 Å². The molecular weight excluding hydrogens is 238 g/mol. The molecule has 2 N–H and O–H groups in total. The van der Waals surface area contributed by atoms with Gasteiger partial charge in [0.1, 0.15) is 0 Å². The first-order valence-corrected chi connectivity index (χ1v) is 6.48. The van der Waals surface area contributed by atoms with Gasteiger partial charge in [-0.1, -0.05) is 19.8 Å². The predicted molar refractivity (Wildman–Crippen MR) is 72.7 cm³/mol. The van der Waals surface area contributed by atoms with Gasteiger partial charge in [0.15, 0.2) is 0 Å². The summed E-state index contributed by atoms with van der Waals surface area (Å²) in [5.41, 5.74) is 0.0187. The largest absolute Gasteiger partial charge is 0.481 e. The van der Waals surface area contributed by atoms with Crippen molar-refractivity contribution in [1.82, 2.24) is 5.32 Å². The van der Waals surface area contributed by atoms with Crippen molar-refractivity contribution in [2.45, 2.75) is 51.9 Å². The van der Waals surface area contributed by atoms with Crippen LogP contribution in [0.2, 0.25) is 0 Å². The Morgan fingerprint density at radius 1 is 1.41 bits per heavy atom. The summed E-state index contributed by atoms with van der Waals surface area (Å²) >= 11 is 0. The monoisotopic (exact) mass is 263 g/mol. The Morgan fingerprint density at radius 3 is 2.41 bits per heavy atom. The molecular formula is C13H26ClNO2. The van der Waals surface area contributed by atoms with Gasteiger partial charge in [-0.15, -0.1) is 12.4 Å². The Balaban J connectivity index is 0.00000256. The van der Waals surface area contributed by atoms with E-state index < -0.39 is 5.97 Å². The molecule has 4 heteroatoms. The number of rotatable bonds is 6. The summed E-state index contributed by atoms with van der Waals surface area (Å²) in [5.74, 6) is 0.188. The molecule has 1 aliphatic rings. The highest BCUT2D eigenvalue weighted by Gasteiger charge is 2.36. The number of carbonyl (C=O) groups is 1. The summed E-state index contributed by atoms with van der Waals surface area (Å²) < 4.78 is 0. The third kappa shape index (κ3) is 5.26. The normalized spacial score (nSPS) is 28.5. The van der Waals surface area contributed by atoms with E-state index in [1.54, 1.807) is 0 Å². The molecule has 0 bridgehead atoms. The van der Waals surface area contributed by atoms with Crippen LogP contribution in [0.5, 0.6) is 0 Å². The third-order valence-corrected chi connectivity index (χ3v) is 3.94. The molecule has 0 unspecified atom stereocenters. The molecule has 0 atom stereocenters.